The normalized spacial score (nSPS) is 10.0. The van der Waals surface area contributed by atoms with E-state index in [1.165, 1.54) is 7.11 Å². The highest BCUT2D eigenvalue weighted by Gasteiger charge is 2.09. The Hall–Kier alpha value is -0.770. The van der Waals surface area contributed by atoms with E-state index in [0.29, 0.717) is 5.69 Å². The molecule has 0 bridgehead atoms. The Kier molecular flexibility index (Phi) is 4.02. The van der Waals surface area contributed by atoms with E-state index in [4.69, 9.17) is 0 Å². The molecule has 0 atom stereocenters. The van der Waals surface area contributed by atoms with Gasteiger partial charge in [-0.3, -0.25) is 0 Å². The van der Waals surface area contributed by atoms with Crippen molar-refractivity contribution in [3.05, 3.63) is 24.0 Å². The number of alkyl halides is 1. The number of nitrogens with zero attached hydrogens (tertiary/aromatic N) is 1. The Balaban J connectivity index is 2.71. The van der Waals surface area contributed by atoms with Crippen molar-refractivity contribution < 1.29 is 9.53 Å². The van der Waals surface area contributed by atoms with Crippen molar-refractivity contribution in [3.63, 3.8) is 0 Å². The maximum absolute atomic E-state index is 11.2. The topological polar surface area (TPSA) is 31.2 Å². The summed E-state index contributed by atoms with van der Waals surface area (Å²) in [6.45, 7) is 0.836. The Morgan fingerprint density at radius 2 is 2.46 bits per heavy atom. The van der Waals surface area contributed by atoms with Gasteiger partial charge in [0.25, 0.3) is 0 Å². The number of halogens is 1. The van der Waals surface area contributed by atoms with Gasteiger partial charge in [0.05, 0.1) is 7.11 Å². The first-order chi connectivity index (χ1) is 6.29. The van der Waals surface area contributed by atoms with E-state index >= 15 is 0 Å². The summed E-state index contributed by atoms with van der Waals surface area (Å²) < 4.78 is 6.54. The number of rotatable bonds is 4. The molecule has 0 N–H and O–H groups in total. The van der Waals surface area contributed by atoms with Gasteiger partial charge in [-0.25, -0.2) is 4.79 Å². The fraction of sp³-hybridized carbons (Fsp3) is 0.444. The lowest BCUT2D eigenvalue weighted by Crippen LogP contribution is -2.10. The standard InChI is InChI=1S/C9H12BrNO2/c1-13-9(12)8-4-2-6-11(8)7-3-5-10/h2,4,6H,3,5,7H2,1H3. The summed E-state index contributed by atoms with van der Waals surface area (Å²) in [4.78, 5) is 11.2. The molecule has 0 aliphatic carbocycles. The average Bonchev–Trinajstić information content (AvgIpc) is 2.61. The number of ether oxygens (including phenoxy) is 1. The summed E-state index contributed by atoms with van der Waals surface area (Å²) in [6, 6.07) is 3.61. The fourth-order valence-electron chi connectivity index (χ4n) is 1.13. The number of carbonyl (C=O) groups excluding carboxylic acids is 1. The SMILES string of the molecule is COC(=O)c1cccn1CCCBr. The van der Waals surface area contributed by atoms with E-state index < -0.39 is 0 Å². The first-order valence-corrected chi connectivity index (χ1v) is 5.21. The zero-order chi connectivity index (χ0) is 9.68. The molecule has 0 unspecified atom stereocenters. The Morgan fingerprint density at radius 1 is 1.69 bits per heavy atom. The molecule has 1 aromatic rings. The van der Waals surface area contributed by atoms with E-state index in [1.54, 1.807) is 6.07 Å². The van der Waals surface area contributed by atoms with Crippen LogP contribution in [0.3, 0.4) is 0 Å². The lowest BCUT2D eigenvalue weighted by atomic mass is 10.4. The smallest absolute Gasteiger partial charge is 0.354 e. The minimum Gasteiger partial charge on any atom is -0.464 e. The monoisotopic (exact) mass is 245 g/mol. The highest BCUT2D eigenvalue weighted by Crippen LogP contribution is 2.05. The van der Waals surface area contributed by atoms with Crippen LogP contribution in [0.2, 0.25) is 0 Å². The molecule has 0 saturated carbocycles. The third-order valence-corrected chi connectivity index (χ3v) is 2.32. The summed E-state index contributed by atoms with van der Waals surface area (Å²) in [5.41, 5.74) is 0.614. The Morgan fingerprint density at radius 3 is 3.08 bits per heavy atom. The highest BCUT2D eigenvalue weighted by atomic mass is 79.9. The van der Waals surface area contributed by atoms with Gasteiger partial charge in [0.1, 0.15) is 5.69 Å². The van der Waals surface area contributed by atoms with Gasteiger partial charge in [0.2, 0.25) is 0 Å². The zero-order valence-corrected chi connectivity index (χ0v) is 9.08. The Bertz CT molecular complexity index is 283. The molecule has 3 nitrogen and oxygen atoms in total. The Labute approximate surface area is 85.8 Å². The first kappa shape index (κ1) is 10.3. The molecule has 0 aromatic carbocycles. The van der Waals surface area contributed by atoms with Crippen molar-refractivity contribution in [2.75, 3.05) is 12.4 Å². The van der Waals surface area contributed by atoms with Crippen molar-refractivity contribution in [2.45, 2.75) is 13.0 Å². The lowest BCUT2D eigenvalue weighted by Gasteiger charge is -2.05. The summed E-state index contributed by atoms with van der Waals surface area (Å²) >= 11 is 3.34. The second kappa shape index (κ2) is 5.07. The predicted octanol–water partition coefficient (Wildman–Crippen LogP) is 2.06. The minimum absolute atomic E-state index is 0.278. The summed E-state index contributed by atoms with van der Waals surface area (Å²) in [5.74, 6) is -0.278. The van der Waals surface area contributed by atoms with Gasteiger partial charge in [-0.15, -0.1) is 0 Å². The molecular formula is C9H12BrNO2. The fourth-order valence-corrected chi connectivity index (χ4v) is 1.38. The summed E-state index contributed by atoms with van der Waals surface area (Å²) in [6.07, 6.45) is 2.88. The van der Waals surface area contributed by atoms with Gasteiger partial charge in [0, 0.05) is 18.1 Å². The van der Waals surface area contributed by atoms with Crippen LogP contribution < -0.4 is 0 Å². The van der Waals surface area contributed by atoms with Gasteiger partial charge in [0.15, 0.2) is 0 Å². The van der Waals surface area contributed by atoms with Crippen molar-refractivity contribution in [1.82, 2.24) is 4.57 Å². The molecule has 0 aliphatic rings. The molecule has 0 radical (unpaired) electrons. The maximum atomic E-state index is 11.2. The van der Waals surface area contributed by atoms with Crippen LogP contribution in [-0.2, 0) is 11.3 Å². The van der Waals surface area contributed by atoms with Crippen molar-refractivity contribution in [1.29, 1.82) is 0 Å². The predicted molar refractivity (Wildman–Crippen MR) is 54.2 cm³/mol. The van der Waals surface area contributed by atoms with Gasteiger partial charge in [-0.1, -0.05) is 15.9 Å². The molecule has 0 fully saturated rings. The van der Waals surface area contributed by atoms with Crippen LogP contribution in [0.5, 0.6) is 0 Å². The van der Waals surface area contributed by atoms with E-state index in [-0.39, 0.29) is 5.97 Å². The van der Waals surface area contributed by atoms with Crippen LogP contribution >= 0.6 is 15.9 Å². The van der Waals surface area contributed by atoms with Crippen LogP contribution in [0.4, 0.5) is 0 Å². The number of hydrogen-bond donors (Lipinski definition) is 0. The van der Waals surface area contributed by atoms with Gasteiger partial charge in [-0.05, 0) is 18.6 Å². The largest absolute Gasteiger partial charge is 0.464 e. The molecular weight excluding hydrogens is 234 g/mol. The molecule has 0 spiro atoms. The molecule has 1 rings (SSSR count). The van der Waals surface area contributed by atoms with Gasteiger partial charge in [-0.2, -0.15) is 0 Å². The summed E-state index contributed by atoms with van der Waals surface area (Å²) in [7, 11) is 1.39. The van der Waals surface area contributed by atoms with Gasteiger partial charge >= 0.3 is 5.97 Å². The van der Waals surface area contributed by atoms with Crippen LogP contribution in [0.1, 0.15) is 16.9 Å². The van der Waals surface area contributed by atoms with Crippen molar-refractivity contribution >= 4 is 21.9 Å². The number of methoxy groups -OCH3 is 1. The van der Waals surface area contributed by atoms with Crippen molar-refractivity contribution in [2.24, 2.45) is 0 Å². The van der Waals surface area contributed by atoms with Crippen molar-refractivity contribution in [3.8, 4) is 0 Å². The number of aromatic nitrogens is 1. The van der Waals surface area contributed by atoms with Crippen LogP contribution in [0, 0.1) is 0 Å². The molecule has 0 saturated heterocycles. The minimum atomic E-state index is -0.278. The second-order valence-corrected chi connectivity index (χ2v) is 3.41. The average molecular weight is 246 g/mol. The number of carbonyl (C=O) groups is 1. The second-order valence-electron chi connectivity index (χ2n) is 2.62. The summed E-state index contributed by atoms with van der Waals surface area (Å²) in [5, 5.41) is 0.936. The third-order valence-electron chi connectivity index (χ3n) is 1.76. The molecule has 1 heterocycles. The molecule has 72 valence electrons. The van der Waals surface area contributed by atoms with Crippen LogP contribution in [0.25, 0.3) is 0 Å². The van der Waals surface area contributed by atoms with E-state index in [0.717, 1.165) is 18.3 Å². The van der Waals surface area contributed by atoms with E-state index in [1.807, 2.05) is 16.8 Å². The highest BCUT2D eigenvalue weighted by molar-refractivity contribution is 9.09. The van der Waals surface area contributed by atoms with Gasteiger partial charge < -0.3 is 9.30 Å². The quantitative estimate of drug-likeness (QED) is 0.601. The number of aryl methyl sites for hydroxylation is 1. The molecule has 13 heavy (non-hydrogen) atoms. The number of esters is 1. The van der Waals surface area contributed by atoms with Crippen LogP contribution in [-0.4, -0.2) is 23.0 Å². The van der Waals surface area contributed by atoms with E-state index in [2.05, 4.69) is 20.7 Å². The molecule has 1 aromatic heterocycles. The maximum Gasteiger partial charge on any atom is 0.354 e. The zero-order valence-electron chi connectivity index (χ0n) is 7.50. The molecule has 4 heteroatoms. The molecule has 0 amide bonds. The first-order valence-electron chi connectivity index (χ1n) is 4.09. The number of hydrogen-bond acceptors (Lipinski definition) is 2. The molecule has 0 aliphatic heterocycles. The third kappa shape index (κ3) is 2.59. The lowest BCUT2D eigenvalue weighted by molar-refractivity contribution is 0.0588. The van der Waals surface area contributed by atoms with Crippen LogP contribution in [0.15, 0.2) is 18.3 Å². The van der Waals surface area contributed by atoms with E-state index in [9.17, 15) is 4.79 Å².